The lowest BCUT2D eigenvalue weighted by atomic mass is 10.2. The summed E-state index contributed by atoms with van der Waals surface area (Å²) in [4.78, 5) is 36.4. The highest BCUT2D eigenvalue weighted by Crippen LogP contribution is 2.03. The summed E-state index contributed by atoms with van der Waals surface area (Å²) in [5, 5.41) is 0. The molecule has 0 aromatic heterocycles. The third-order valence-corrected chi connectivity index (χ3v) is 2.28. The molecule has 78 valence electrons. The predicted octanol–water partition coefficient (Wildman–Crippen LogP) is -0.734. The fourth-order valence-electron chi connectivity index (χ4n) is 1.25. The smallest absolute Gasteiger partial charge is 0.312 e. The lowest BCUT2D eigenvalue weighted by Gasteiger charge is -2.30. The van der Waals surface area contributed by atoms with Crippen LogP contribution in [0.25, 0.3) is 0 Å². The van der Waals surface area contributed by atoms with Crippen molar-refractivity contribution >= 4 is 17.6 Å². The van der Waals surface area contributed by atoms with Gasteiger partial charge in [0.2, 0.25) is 0 Å². The second kappa shape index (κ2) is 4.21. The van der Waals surface area contributed by atoms with E-state index in [9.17, 15) is 14.4 Å². The average Bonchev–Trinajstić information content (AvgIpc) is 2.19. The molecule has 1 heterocycles. The zero-order chi connectivity index (χ0) is 10.7. The number of hydrogen-bond acceptors (Lipinski definition) is 3. The second-order valence-electron chi connectivity index (χ2n) is 3.35. The number of carbonyl (C=O) groups is 3. The maximum Gasteiger partial charge on any atom is 0.312 e. The van der Waals surface area contributed by atoms with E-state index in [1.54, 1.807) is 14.0 Å². The summed E-state index contributed by atoms with van der Waals surface area (Å²) in [6.45, 7) is 2.76. The third-order valence-electron chi connectivity index (χ3n) is 2.28. The van der Waals surface area contributed by atoms with Crippen molar-refractivity contribution < 1.29 is 14.4 Å². The van der Waals surface area contributed by atoms with Crippen molar-refractivity contribution in [2.45, 2.75) is 13.3 Å². The first-order valence-corrected chi connectivity index (χ1v) is 4.62. The highest BCUT2D eigenvalue weighted by atomic mass is 16.2. The van der Waals surface area contributed by atoms with Crippen molar-refractivity contribution in [3.63, 3.8) is 0 Å². The Balaban J connectivity index is 2.60. The van der Waals surface area contributed by atoms with E-state index in [2.05, 4.69) is 0 Å². The summed E-state index contributed by atoms with van der Waals surface area (Å²) in [6, 6.07) is 0. The first kappa shape index (κ1) is 10.7. The van der Waals surface area contributed by atoms with Crippen molar-refractivity contribution in [1.29, 1.82) is 0 Å². The van der Waals surface area contributed by atoms with Crippen molar-refractivity contribution in [3.8, 4) is 0 Å². The molecule has 1 saturated heterocycles. The molecule has 1 rings (SSSR count). The van der Waals surface area contributed by atoms with Crippen molar-refractivity contribution in [1.82, 2.24) is 9.80 Å². The highest BCUT2D eigenvalue weighted by Gasteiger charge is 2.30. The summed E-state index contributed by atoms with van der Waals surface area (Å²) in [5.41, 5.74) is 0. The summed E-state index contributed by atoms with van der Waals surface area (Å²) in [5.74, 6) is -1.11. The van der Waals surface area contributed by atoms with E-state index in [-0.39, 0.29) is 12.3 Å². The SMILES string of the molecule is CCC(=O)CN1CCN(C)C(=O)C1=O. The summed E-state index contributed by atoms with van der Waals surface area (Å²) in [6.07, 6.45) is 0.397. The van der Waals surface area contributed by atoms with Crippen LogP contribution >= 0.6 is 0 Å². The molecule has 0 spiro atoms. The van der Waals surface area contributed by atoms with Crippen LogP contribution < -0.4 is 0 Å². The van der Waals surface area contributed by atoms with E-state index >= 15 is 0 Å². The fourth-order valence-corrected chi connectivity index (χ4v) is 1.25. The van der Waals surface area contributed by atoms with Crippen molar-refractivity contribution in [3.05, 3.63) is 0 Å². The maximum atomic E-state index is 11.4. The normalized spacial score (nSPS) is 17.6. The molecular formula is C9H14N2O3. The molecule has 0 radical (unpaired) electrons. The van der Waals surface area contributed by atoms with E-state index in [1.807, 2.05) is 0 Å². The van der Waals surface area contributed by atoms with Crippen LogP contribution in [-0.2, 0) is 14.4 Å². The van der Waals surface area contributed by atoms with E-state index in [1.165, 1.54) is 9.80 Å². The molecule has 0 unspecified atom stereocenters. The lowest BCUT2D eigenvalue weighted by Crippen LogP contribution is -2.53. The van der Waals surface area contributed by atoms with Gasteiger partial charge in [0.25, 0.3) is 0 Å². The predicted molar refractivity (Wildman–Crippen MR) is 49.5 cm³/mol. The van der Waals surface area contributed by atoms with Gasteiger partial charge in [0.1, 0.15) is 0 Å². The fraction of sp³-hybridized carbons (Fsp3) is 0.667. The number of rotatable bonds is 3. The Bertz CT molecular complexity index is 275. The Morgan fingerprint density at radius 3 is 2.50 bits per heavy atom. The first-order chi connectivity index (χ1) is 6.56. The molecule has 0 saturated carbocycles. The van der Waals surface area contributed by atoms with Gasteiger partial charge in [-0.05, 0) is 0 Å². The van der Waals surface area contributed by atoms with E-state index in [4.69, 9.17) is 0 Å². The number of piperazine rings is 1. The number of carbonyl (C=O) groups excluding carboxylic acids is 3. The largest absolute Gasteiger partial charge is 0.336 e. The van der Waals surface area contributed by atoms with Crippen LogP contribution in [0, 0.1) is 0 Å². The number of Topliss-reactive ketones (excluding diaryl/α,β-unsaturated/α-hetero) is 1. The minimum absolute atomic E-state index is 0.0179. The molecule has 0 aromatic carbocycles. The molecule has 1 aliphatic heterocycles. The van der Waals surface area contributed by atoms with Crippen LogP contribution in [-0.4, -0.2) is 54.1 Å². The topological polar surface area (TPSA) is 57.7 Å². The van der Waals surface area contributed by atoms with Crippen LogP contribution in [0.3, 0.4) is 0 Å². The van der Waals surface area contributed by atoms with Crippen LogP contribution in [0.15, 0.2) is 0 Å². The van der Waals surface area contributed by atoms with Gasteiger partial charge in [-0.3, -0.25) is 14.4 Å². The summed E-state index contributed by atoms with van der Waals surface area (Å²) in [7, 11) is 1.58. The van der Waals surface area contributed by atoms with Crippen LogP contribution in [0.5, 0.6) is 0 Å². The van der Waals surface area contributed by atoms with Crippen LogP contribution in [0.2, 0.25) is 0 Å². The Morgan fingerprint density at radius 2 is 1.93 bits per heavy atom. The summed E-state index contributed by atoms with van der Waals surface area (Å²) >= 11 is 0. The number of nitrogens with zero attached hydrogens (tertiary/aromatic N) is 2. The van der Waals surface area contributed by atoms with Gasteiger partial charge < -0.3 is 9.80 Å². The Kier molecular flexibility index (Phi) is 3.22. The maximum absolute atomic E-state index is 11.4. The average molecular weight is 198 g/mol. The minimum atomic E-state index is -0.569. The van der Waals surface area contributed by atoms with Crippen molar-refractivity contribution in [2.75, 3.05) is 26.7 Å². The monoisotopic (exact) mass is 198 g/mol. The molecule has 2 amide bonds. The van der Waals surface area contributed by atoms with Gasteiger partial charge in [0.15, 0.2) is 5.78 Å². The molecule has 5 heteroatoms. The Morgan fingerprint density at radius 1 is 1.29 bits per heavy atom. The zero-order valence-corrected chi connectivity index (χ0v) is 8.45. The Hall–Kier alpha value is -1.39. The highest BCUT2D eigenvalue weighted by molar-refractivity contribution is 6.35. The van der Waals surface area contributed by atoms with E-state index in [0.29, 0.717) is 19.5 Å². The lowest BCUT2D eigenvalue weighted by molar-refractivity contribution is -0.155. The third kappa shape index (κ3) is 2.10. The molecular weight excluding hydrogens is 184 g/mol. The molecule has 0 aliphatic carbocycles. The number of likely N-dealkylation sites (N-methyl/N-ethyl adjacent to an activating group) is 1. The van der Waals surface area contributed by atoms with Gasteiger partial charge in [-0.1, -0.05) is 6.92 Å². The quantitative estimate of drug-likeness (QED) is 0.561. The van der Waals surface area contributed by atoms with Gasteiger partial charge in [-0.25, -0.2) is 0 Å². The van der Waals surface area contributed by atoms with Gasteiger partial charge in [-0.2, -0.15) is 0 Å². The van der Waals surface area contributed by atoms with Gasteiger partial charge in [0, 0.05) is 26.6 Å². The van der Waals surface area contributed by atoms with E-state index < -0.39 is 11.8 Å². The molecule has 1 aliphatic rings. The van der Waals surface area contributed by atoms with Crippen LogP contribution in [0.1, 0.15) is 13.3 Å². The standard InChI is InChI=1S/C9H14N2O3/c1-3-7(12)6-11-5-4-10(2)8(13)9(11)14/h3-6H2,1-2H3. The number of amides is 2. The first-order valence-electron chi connectivity index (χ1n) is 4.62. The molecule has 5 nitrogen and oxygen atoms in total. The van der Waals surface area contributed by atoms with Gasteiger partial charge in [-0.15, -0.1) is 0 Å². The molecule has 1 fully saturated rings. The van der Waals surface area contributed by atoms with E-state index in [0.717, 1.165) is 0 Å². The Labute approximate surface area is 82.7 Å². The van der Waals surface area contributed by atoms with Crippen LogP contribution in [0.4, 0.5) is 0 Å². The summed E-state index contributed by atoms with van der Waals surface area (Å²) < 4.78 is 0. The minimum Gasteiger partial charge on any atom is -0.336 e. The zero-order valence-electron chi connectivity index (χ0n) is 8.45. The molecule has 0 aromatic rings. The number of ketones is 1. The van der Waals surface area contributed by atoms with Gasteiger partial charge in [0.05, 0.1) is 6.54 Å². The molecule has 0 bridgehead atoms. The molecule has 0 atom stereocenters. The molecule has 0 N–H and O–H groups in total. The molecule has 14 heavy (non-hydrogen) atoms. The van der Waals surface area contributed by atoms with Crippen molar-refractivity contribution in [2.24, 2.45) is 0 Å². The number of hydrogen-bond donors (Lipinski definition) is 0. The van der Waals surface area contributed by atoms with Gasteiger partial charge >= 0.3 is 11.8 Å². The second-order valence-corrected chi connectivity index (χ2v) is 3.35.